The second-order valence-electron chi connectivity index (χ2n) is 7.83. The van der Waals surface area contributed by atoms with Gasteiger partial charge in [0.15, 0.2) is 5.96 Å². The van der Waals surface area contributed by atoms with Crippen LogP contribution < -0.4 is 10.6 Å². The summed E-state index contributed by atoms with van der Waals surface area (Å²) in [5.74, 6) is 1.34. The third-order valence-corrected chi connectivity index (χ3v) is 4.29. The molecule has 0 aromatic carbocycles. The zero-order valence-electron chi connectivity index (χ0n) is 15.9. The van der Waals surface area contributed by atoms with Gasteiger partial charge in [0.05, 0.1) is 11.7 Å². The molecular formula is C17H36IN3O2. The highest BCUT2D eigenvalue weighted by Crippen LogP contribution is 2.33. The molecule has 6 heteroatoms. The number of methoxy groups -OCH3 is 1. The molecule has 0 aromatic heterocycles. The van der Waals surface area contributed by atoms with Gasteiger partial charge in [0, 0.05) is 39.8 Å². The van der Waals surface area contributed by atoms with Gasteiger partial charge in [-0.2, -0.15) is 0 Å². The van der Waals surface area contributed by atoms with Gasteiger partial charge in [-0.05, 0) is 32.1 Å². The molecule has 0 spiro atoms. The molecule has 0 amide bonds. The Bertz CT molecular complexity index is 367. The topological polar surface area (TPSA) is 54.9 Å². The Morgan fingerprint density at radius 2 is 1.87 bits per heavy atom. The van der Waals surface area contributed by atoms with Gasteiger partial charge in [-0.1, -0.05) is 20.8 Å². The molecule has 1 saturated heterocycles. The largest absolute Gasteiger partial charge is 0.377 e. The summed E-state index contributed by atoms with van der Waals surface area (Å²) in [6.07, 6.45) is 2.64. The lowest BCUT2D eigenvalue weighted by Gasteiger charge is -2.40. The highest BCUT2D eigenvalue weighted by Gasteiger charge is 2.35. The van der Waals surface area contributed by atoms with E-state index in [-0.39, 0.29) is 35.0 Å². The molecular weight excluding hydrogens is 405 g/mol. The van der Waals surface area contributed by atoms with E-state index in [1.165, 1.54) is 6.42 Å². The Morgan fingerprint density at radius 1 is 1.22 bits per heavy atom. The highest BCUT2D eigenvalue weighted by molar-refractivity contribution is 14.0. The van der Waals surface area contributed by atoms with Crippen molar-refractivity contribution in [2.75, 3.05) is 33.9 Å². The van der Waals surface area contributed by atoms with Gasteiger partial charge < -0.3 is 20.1 Å². The molecule has 0 saturated carbocycles. The van der Waals surface area contributed by atoms with Gasteiger partial charge in [0.1, 0.15) is 0 Å². The normalized spacial score (nSPS) is 23.2. The van der Waals surface area contributed by atoms with Gasteiger partial charge in [-0.25, -0.2) is 0 Å². The molecule has 5 nitrogen and oxygen atoms in total. The lowest BCUT2D eigenvalue weighted by Crippen LogP contribution is -2.49. The Balaban J connectivity index is 0.00000484. The molecule has 2 unspecified atom stereocenters. The predicted octanol–water partition coefficient (Wildman–Crippen LogP) is 3.04. The van der Waals surface area contributed by atoms with Crippen molar-refractivity contribution < 1.29 is 9.47 Å². The first-order valence-electron chi connectivity index (χ1n) is 8.31. The van der Waals surface area contributed by atoms with E-state index in [9.17, 15) is 0 Å². The number of guanidine groups is 1. The van der Waals surface area contributed by atoms with Crippen LogP contribution in [0.3, 0.4) is 0 Å². The molecule has 0 aromatic rings. The minimum absolute atomic E-state index is 0. The number of aliphatic imine (C=N–C) groups is 1. The third kappa shape index (κ3) is 8.03. The van der Waals surface area contributed by atoms with E-state index >= 15 is 0 Å². The van der Waals surface area contributed by atoms with Crippen molar-refractivity contribution in [1.82, 2.24) is 10.6 Å². The minimum Gasteiger partial charge on any atom is -0.377 e. The molecule has 0 bridgehead atoms. The van der Waals surface area contributed by atoms with Crippen molar-refractivity contribution in [2.45, 2.75) is 59.2 Å². The van der Waals surface area contributed by atoms with Gasteiger partial charge in [0.25, 0.3) is 0 Å². The number of ether oxygens (including phenoxy) is 2. The van der Waals surface area contributed by atoms with E-state index in [0.29, 0.717) is 18.6 Å². The predicted molar refractivity (Wildman–Crippen MR) is 108 cm³/mol. The summed E-state index contributed by atoms with van der Waals surface area (Å²) >= 11 is 0. The summed E-state index contributed by atoms with van der Waals surface area (Å²) in [7, 11) is 3.53. The molecule has 2 N–H and O–H groups in total. The van der Waals surface area contributed by atoms with E-state index < -0.39 is 0 Å². The summed E-state index contributed by atoms with van der Waals surface area (Å²) in [4.78, 5) is 4.30. The lowest BCUT2D eigenvalue weighted by atomic mass is 9.78. The zero-order chi connectivity index (χ0) is 16.8. The second kappa shape index (κ2) is 10.0. The number of rotatable bonds is 5. The fourth-order valence-electron chi connectivity index (χ4n) is 2.83. The highest BCUT2D eigenvalue weighted by atomic mass is 127. The summed E-state index contributed by atoms with van der Waals surface area (Å²) < 4.78 is 11.5. The number of nitrogens with one attached hydrogen (secondary N) is 2. The Hall–Kier alpha value is -0.0800. The number of hydrogen-bond donors (Lipinski definition) is 2. The van der Waals surface area contributed by atoms with Crippen LogP contribution in [0.4, 0.5) is 0 Å². The standard InChI is InChI=1S/C17H35N3O2.HI/c1-16(2,3)14-13(9-8-10-22-14)11-19-15(18-6)20-12-17(4,5)21-7;/h13-14H,8-12H2,1-7H3,(H2,18,19,20);1H. The first-order chi connectivity index (χ1) is 10.2. The van der Waals surface area contributed by atoms with E-state index in [4.69, 9.17) is 9.47 Å². The molecule has 1 aliphatic rings. The fraction of sp³-hybridized carbons (Fsp3) is 0.941. The molecule has 1 fully saturated rings. The third-order valence-electron chi connectivity index (χ3n) is 4.29. The zero-order valence-corrected chi connectivity index (χ0v) is 18.2. The quantitative estimate of drug-likeness (QED) is 0.391. The summed E-state index contributed by atoms with van der Waals surface area (Å²) in [5, 5.41) is 6.77. The van der Waals surface area contributed by atoms with E-state index in [1.807, 2.05) is 0 Å². The minimum atomic E-state index is -0.209. The molecule has 1 aliphatic heterocycles. The monoisotopic (exact) mass is 441 g/mol. The van der Waals surface area contributed by atoms with Gasteiger partial charge >= 0.3 is 0 Å². The van der Waals surface area contributed by atoms with Crippen LogP contribution in [-0.4, -0.2) is 51.5 Å². The molecule has 0 radical (unpaired) electrons. The molecule has 2 atom stereocenters. The summed E-state index contributed by atoms with van der Waals surface area (Å²) in [5.41, 5.74) is -0.0404. The van der Waals surface area contributed by atoms with Crippen LogP contribution in [0.25, 0.3) is 0 Å². The number of hydrogen-bond acceptors (Lipinski definition) is 3. The van der Waals surface area contributed by atoms with Crippen molar-refractivity contribution in [3.63, 3.8) is 0 Å². The van der Waals surface area contributed by atoms with Crippen molar-refractivity contribution in [3.05, 3.63) is 0 Å². The molecule has 1 heterocycles. The Labute approximate surface area is 159 Å². The molecule has 0 aliphatic carbocycles. The average Bonchev–Trinajstić information content (AvgIpc) is 2.47. The van der Waals surface area contributed by atoms with Crippen LogP contribution in [0, 0.1) is 11.3 Å². The molecule has 1 rings (SSSR count). The summed E-state index contributed by atoms with van der Waals surface area (Å²) in [6, 6.07) is 0. The molecule has 23 heavy (non-hydrogen) atoms. The van der Waals surface area contributed by atoms with Crippen LogP contribution in [0.5, 0.6) is 0 Å². The Kier molecular flexibility index (Phi) is 10.00. The first kappa shape index (κ1) is 22.9. The summed E-state index contributed by atoms with van der Waals surface area (Å²) in [6.45, 7) is 13.4. The van der Waals surface area contributed by atoms with Crippen LogP contribution >= 0.6 is 24.0 Å². The Morgan fingerprint density at radius 3 is 2.39 bits per heavy atom. The van der Waals surface area contributed by atoms with Crippen LogP contribution in [-0.2, 0) is 9.47 Å². The van der Waals surface area contributed by atoms with Gasteiger partial charge in [-0.3, -0.25) is 4.99 Å². The van der Waals surface area contributed by atoms with Crippen LogP contribution in [0.15, 0.2) is 4.99 Å². The number of halogens is 1. The smallest absolute Gasteiger partial charge is 0.191 e. The maximum atomic E-state index is 6.03. The van der Waals surface area contributed by atoms with Crippen molar-refractivity contribution in [1.29, 1.82) is 0 Å². The van der Waals surface area contributed by atoms with E-state index in [0.717, 1.165) is 25.5 Å². The lowest BCUT2D eigenvalue weighted by molar-refractivity contribution is -0.0835. The second-order valence-corrected chi connectivity index (χ2v) is 7.83. The first-order valence-corrected chi connectivity index (χ1v) is 8.31. The maximum absolute atomic E-state index is 6.03. The van der Waals surface area contributed by atoms with Crippen LogP contribution in [0.2, 0.25) is 0 Å². The van der Waals surface area contributed by atoms with Gasteiger partial charge in [0.2, 0.25) is 0 Å². The van der Waals surface area contributed by atoms with Crippen molar-refractivity contribution in [2.24, 2.45) is 16.3 Å². The fourth-order valence-corrected chi connectivity index (χ4v) is 2.83. The van der Waals surface area contributed by atoms with Gasteiger partial charge in [-0.15, -0.1) is 24.0 Å². The van der Waals surface area contributed by atoms with Crippen molar-refractivity contribution >= 4 is 29.9 Å². The van der Waals surface area contributed by atoms with Crippen molar-refractivity contribution in [3.8, 4) is 0 Å². The van der Waals surface area contributed by atoms with Crippen LogP contribution in [0.1, 0.15) is 47.5 Å². The maximum Gasteiger partial charge on any atom is 0.191 e. The number of nitrogens with zero attached hydrogens (tertiary/aromatic N) is 1. The molecule has 138 valence electrons. The SMILES string of the molecule is CN=C(NCC1CCCOC1C(C)(C)C)NCC(C)(C)OC.I. The van der Waals surface area contributed by atoms with E-state index in [1.54, 1.807) is 14.2 Å². The average molecular weight is 441 g/mol. The van der Waals surface area contributed by atoms with E-state index in [2.05, 4.69) is 50.2 Å².